The normalized spacial score (nSPS) is 53.5. The van der Waals surface area contributed by atoms with Crippen molar-refractivity contribution >= 4 is 11.7 Å². The van der Waals surface area contributed by atoms with Gasteiger partial charge < -0.3 is 10.4 Å². The first kappa shape index (κ1) is 15.8. The molecule has 1 spiro atoms. The Morgan fingerprint density at radius 2 is 1.96 bits per heavy atom. The number of allylic oxidation sites excluding steroid dienone is 4. The Labute approximate surface area is 148 Å². The van der Waals surface area contributed by atoms with E-state index < -0.39 is 6.10 Å². The first-order valence-corrected chi connectivity index (χ1v) is 9.81. The molecule has 5 rings (SSSR count). The molecule has 4 heteroatoms. The maximum absolute atomic E-state index is 13.0. The number of nitrogens with one attached hydrogen (secondary N) is 1. The fourth-order valence-electron chi connectivity index (χ4n) is 7.58. The molecule has 0 radical (unpaired) electrons. The molecule has 25 heavy (non-hydrogen) atoms. The van der Waals surface area contributed by atoms with Gasteiger partial charge in [0.15, 0.2) is 5.78 Å². The molecule has 4 nitrogen and oxygen atoms in total. The molecule has 8 atom stereocenters. The number of ketones is 1. The summed E-state index contributed by atoms with van der Waals surface area (Å²) in [5, 5.41) is 14.4. The lowest BCUT2D eigenvalue weighted by atomic mass is 9.46. The van der Waals surface area contributed by atoms with E-state index in [1.807, 2.05) is 6.08 Å². The van der Waals surface area contributed by atoms with Gasteiger partial charge in [-0.05, 0) is 68.9 Å². The van der Waals surface area contributed by atoms with Crippen LogP contribution in [-0.2, 0) is 9.59 Å². The van der Waals surface area contributed by atoms with Crippen LogP contribution in [0.25, 0.3) is 0 Å². The minimum absolute atomic E-state index is 0.0672. The van der Waals surface area contributed by atoms with E-state index in [1.165, 1.54) is 5.57 Å². The highest BCUT2D eigenvalue weighted by Gasteiger charge is 2.69. The topological polar surface area (TPSA) is 66.4 Å². The van der Waals surface area contributed by atoms with Crippen molar-refractivity contribution in [1.29, 1.82) is 0 Å². The van der Waals surface area contributed by atoms with Gasteiger partial charge >= 0.3 is 0 Å². The molecule has 1 saturated heterocycles. The van der Waals surface area contributed by atoms with Crippen molar-refractivity contribution in [3.63, 3.8) is 0 Å². The number of amides is 1. The van der Waals surface area contributed by atoms with Crippen LogP contribution in [0.4, 0.5) is 0 Å². The van der Waals surface area contributed by atoms with Crippen LogP contribution in [0.3, 0.4) is 0 Å². The second-order valence-electron chi connectivity index (χ2n) is 9.28. The lowest BCUT2D eigenvalue weighted by molar-refractivity contribution is -0.151. The predicted molar refractivity (Wildman–Crippen MR) is 93.4 cm³/mol. The monoisotopic (exact) mass is 341 g/mol. The van der Waals surface area contributed by atoms with E-state index in [4.69, 9.17) is 0 Å². The molecule has 1 amide bonds. The average Bonchev–Trinajstić information content (AvgIpc) is 3.04. The molecule has 0 aromatic rings. The lowest BCUT2D eigenvalue weighted by Gasteiger charge is -2.57. The van der Waals surface area contributed by atoms with Gasteiger partial charge in [-0.3, -0.25) is 9.59 Å². The highest BCUT2D eigenvalue weighted by atomic mass is 16.3. The summed E-state index contributed by atoms with van der Waals surface area (Å²) in [5.74, 6) is 1.48. The van der Waals surface area contributed by atoms with Crippen LogP contribution in [0.2, 0.25) is 0 Å². The van der Waals surface area contributed by atoms with Crippen LogP contribution in [0.1, 0.15) is 46.0 Å². The van der Waals surface area contributed by atoms with Crippen molar-refractivity contribution in [2.24, 2.45) is 34.5 Å². The van der Waals surface area contributed by atoms with Crippen LogP contribution in [-0.4, -0.2) is 28.9 Å². The van der Waals surface area contributed by atoms with Crippen LogP contribution < -0.4 is 5.32 Å². The number of hydrogen-bond donors (Lipinski definition) is 2. The number of aliphatic hydroxyl groups is 1. The Kier molecular flexibility index (Phi) is 3.06. The molecule has 3 saturated carbocycles. The molecule has 0 aromatic heterocycles. The molecule has 1 heterocycles. The van der Waals surface area contributed by atoms with Crippen molar-refractivity contribution in [2.45, 2.75) is 58.1 Å². The number of carbonyl (C=O) groups is 2. The Bertz CT molecular complexity index is 725. The number of hydrogen-bond acceptors (Lipinski definition) is 3. The average molecular weight is 341 g/mol. The molecule has 4 fully saturated rings. The molecule has 5 aliphatic rings. The van der Waals surface area contributed by atoms with Gasteiger partial charge in [0.1, 0.15) is 0 Å². The van der Waals surface area contributed by atoms with Gasteiger partial charge in [0.2, 0.25) is 5.91 Å². The number of rotatable bonds is 0. The summed E-state index contributed by atoms with van der Waals surface area (Å²) in [6, 6.07) is 0.225. The maximum Gasteiger partial charge on any atom is 0.227 e. The van der Waals surface area contributed by atoms with Gasteiger partial charge in [0, 0.05) is 17.4 Å². The van der Waals surface area contributed by atoms with E-state index in [0.29, 0.717) is 24.2 Å². The molecule has 0 bridgehead atoms. The fourth-order valence-corrected chi connectivity index (χ4v) is 7.58. The van der Waals surface area contributed by atoms with Gasteiger partial charge in [0.05, 0.1) is 11.5 Å². The van der Waals surface area contributed by atoms with Crippen LogP contribution >= 0.6 is 0 Å². The minimum atomic E-state index is -0.482. The largest absolute Gasteiger partial charge is 0.393 e. The second-order valence-corrected chi connectivity index (χ2v) is 9.28. The van der Waals surface area contributed by atoms with Crippen molar-refractivity contribution in [1.82, 2.24) is 5.32 Å². The molecular weight excluding hydrogens is 314 g/mol. The Morgan fingerprint density at radius 3 is 2.76 bits per heavy atom. The zero-order chi connectivity index (χ0) is 17.6. The first-order chi connectivity index (χ1) is 11.9. The molecule has 1 aliphatic heterocycles. The van der Waals surface area contributed by atoms with Gasteiger partial charge in [0.25, 0.3) is 0 Å². The Morgan fingerprint density at radius 1 is 1.20 bits per heavy atom. The van der Waals surface area contributed by atoms with Crippen molar-refractivity contribution < 1.29 is 14.7 Å². The number of aliphatic hydroxyl groups excluding tert-OH is 1. The second kappa shape index (κ2) is 4.85. The van der Waals surface area contributed by atoms with E-state index in [-0.39, 0.29) is 34.5 Å². The Balaban J connectivity index is 1.59. The summed E-state index contributed by atoms with van der Waals surface area (Å²) in [4.78, 5) is 24.8. The quantitative estimate of drug-likeness (QED) is 0.711. The predicted octanol–water partition coefficient (Wildman–Crippen LogP) is 2.38. The zero-order valence-electron chi connectivity index (χ0n) is 15.0. The smallest absolute Gasteiger partial charge is 0.227 e. The molecule has 2 N–H and O–H groups in total. The molecule has 0 aromatic carbocycles. The van der Waals surface area contributed by atoms with Gasteiger partial charge in [-0.15, -0.1) is 0 Å². The van der Waals surface area contributed by atoms with Gasteiger partial charge in [-0.2, -0.15) is 0 Å². The highest BCUT2D eigenvalue weighted by molar-refractivity contribution is 6.01. The summed E-state index contributed by atoms with van der Waals surface area (Å²) < 4.78 is 0. The molecular formula is C21H27NO3. The van der Waals surface area contributed by atoms with Gasteiger partial charge in [-0.25, -0.2) is 0 Å². The minimum Gasteiger partial charge on any atom is -0.393 e. The van der Waals surface area contributed by atoms with E-state index in [0.717, 1.165) is 25.7 Å². The van der Waals surface area contributed by atoms with Crippen molar-refractivity contribution in [3.8, 4) is 0 Å². The molecule has 134 valence electrons. The van der Waals surface area contributed by atoms with Crippen molar-refractivity contribution in [3.05, 3.63) is 23.8 Å². The van der Waals surface area contributed by atoms with Crippen LogP contribution in [0, 0.1) is 34.5 Å². The lowest BCUT2D eigenvalue weighted by Crippen LogP contribution is -2.58. The summed E-state index contributed by atoms with van der Waals surface area (Å²) in [6.45, 7) is 4.31. The summed E-state index contributed by atoms with van der Waals surface area (Å²) in [7, 11) is 0. The van der Waals surface area contributed by atoms with E-state index in [1.54, 1.807) is 12.2 Å². The third-order valence-electron chi connectivity index (χ3n) is 8.48. The first-order valence-electron chi connectivity index (χ1n) is 9.81. The fraction of sp³-hybridized carbons (Fsp3) is 0.714. The van der Waals surface area contributed by atoms with Crippen molar-refractivity contribution in [2.75, 3.05) is 0 Å². The molecule has 0 unspecified atom stereocenters. The third kappa shape index (κ3) is 1.77. The highest BCUT2D eigenvalue weighted by Crippen LogP contribution is 2.67. The van der Waals surface area contributed by atoms with E-state index >= 15 is 0 Å². The van der Waals surface area contributed by atoms with E-state index in [9.17, 15) is 14.7 Å². The third-order valence-corrected chi connectivity index (χ3v) is 8.48. The van der Waals surface area contributed by atoms with E-state index in [2.05, 4.69) is 19.2 Å². The number of fused-ring (bicyclic) bond motifs is 4. The number of carbonyl (C=O) groups excluding carboxylic acids is 2. The summed E-state index contributed by atoms with van der Waals surface area (Å²) in [5.41, 5.74) is 0.581. The SMILES string of the molecule is C[C@H]1NC(=O)[C@@]23C[C@@H](O)[C@H]4[C@@H](CCC5=CC(=O)C=C[C@]54C)[C@H]2CC[C@@H]13. The standard InChI is InChI=1S/C21H27NO3/c1-11-15-5-6-16-14-4-3-12-9-13(23)7-8-20(12,2)18(14)17(24)10-21(15,16)19(25)22-11/h7-9,11,14-18,24H,3-6,10H2,1-2H3,(H,22,25)/t11-,14+,15+,16-,17-,18-,20-,21-/m1/s1. The maximum atomic E-state index is 13.0. The van der Waals surface area contributed by atoms with Crippen LogP contribution in [0.5, 0.6) is 0 Å². The Hall–Kier alpha value is -1.42. The van der Waals surface area contributed by atoms with Crippen LogP contribution in [0.15, 0.2) is 23.8 Å². The molecule has 4 aliphatic carbocycles. The van der Waals surface area contributed by atoms with Gasteiger partial charge in [-0.1, -0.05) is 18.6 Å². The summed E-state index contributed by atoms with van der Waals surface area (Å²) >= 11 is 0. The zero-order valence-corrected chi connectivity index (χ0v) is 15.0. The summed E-state index contributed by atoms with van der Waals surface area (Å²) in [6.07, 6.45) is 9.70.